The van der Waals surface area contributed by atoms with E-state index in [1.807, 2.05) is 0 Å². The van der Waals surface area contributed by atoms with Crippen molar-refractivity contribution < 1.29 is 4.79 Å². The maximum absolute atomic E-state index is 12.1. The Bertz CT molecular complexity index is 858. The molecule has 1 aromatic heterocycles. The summed E-state index contributed by atoms with van der Waals surface area (Å²) in [5.74, 6) is 0.244. The fourth-order valence-electron chi connectivity index (χ4n) is 4.12. The number of pyridine rings is 1. The minimum Gasteiger partial charge on any atom is -0.366 e. The first-order chi connectivity index (χ1) is 12.8. The van der Waals surface area contributed by atoms with Crippen LogP contribution in [0.25, 0.3) is 0 Å². The van der Waals surface area contributed by atoms with Gasteiger partial charge in [0.05, 0.1) is 6.21 Å². The molecule has 1 aliphatic rings. The molecule has 0 saturated heterocycles. The van der Waals surface area contributed by atoms with Gasteiger partial charge in [0.25, 0.3) is 5.91 Å². The number of benzene rings is 1. The maximum Gasteiger partial charge on any atom is 0.271 e. The Morgan fingerprint density at radius 2 is 2.07 bits per heavy atom. The van der Waals surface area contributed by atoms with Gasteiger partial charge in [0.2, 0.25) is 0 Å². The average Bonchev–Trinajstić information content (AvgIpc) is 2.63. The van der Waals surface area contributed by atoms with Crippen molar-refractivity contribution in [3.05, 3.63) is 58.9 Å². The lowest BCUT2D eigenvalue weighted by atomic mass is 9.79. The quantitative estimate of drug-likeness (QED) is 0.651. The van der Waals surface area contributed by atoms with Crippen LogP contribution in [0.5, 0.6) is 0 Å². The molecule has 1 aliphatic heterocycles. The third kappa shape index (κ3) is 3.87. The molecular formula is C22H28N4O. The molecule has 0 unspecified atom stereocenters. The first-order valence-corrected chi connectivity index (χ1v) is 9.49. The minimum atomic E-state index is -0.239. The van der Waals surface area contributed by atoms with Crippen molar-refractivity contribution in [2.24, 2.45) is 5.10 Å². The van der Waals surface area contributed by atoms with Gasteiger partial charge in [0.1, 0.15) is 0 Å². The molecular weight excluding hydrogens is 336 g/mol. The summed E-state index contributed by atoms with van der Waals surface area (Å²) in [5, 5.41) is 4.16. The number of carbonyl (C=O) groups is 1. The molecule has 0 radical (unpaired) electrons. The number of hydrogen-bond donors (Lipinski definition) is 1. The van der Waals surface area contributed by atoms with Gasteiger partial charge in [-0.1, -0.05) is 6.92 Å². The molecule has 1 amide bonds. The molecule has 1 aromatic carbocycles. The molecule has 2 heterocycles. The van der Waals surface area contributed by atoms with E-state index in [1.165, 1.54) is 11.3 Å². The number of amides is 1. The number of aromatic nitrogens is 1. The molecule has 27 heavy (non-hydrogen) atoms. The molecule has 1 N–H and O–H groups in total. The fourth-order valence-corrected chi connectivity index (χ4v) is 4.12. The zero-order valence-corrected chi connectivity index (χ0v) is 16.8. The van der Waals surface area contributed by atoms with Crippen molar-refractivity contribution in [2.45, 2.75) is 52.5 Å². The van der Waals surface area contributed by atoms with Crippen LogP contribution in [-0.2, 0) is 0 Å². The monoisotopic (exact) mass is 364 g/mol. The van der Waals surface area contributed by atoms with E-state index in [4.69, 9.17) is 0 Å². The summed E-state index contributed by atoms with van der Waals surface area (Å²) in [7, 11) is 0. The second-order valence-corrected chi connectivity index (χ2v) is 7.86. The molecule has 0 fully saturated rings. The van der Waals surface area contributed by atoms with Crippen LogP contribution in [0.15, 0.2) is 41.8 Å². The van der Waals surface area contributed by atoms with Gasteiger partial charge >= 0.3 is 0 Å². The summed E-state index contributed by atoms with van der Waals surface area (Å²) in [6.45, 7) is 12.2. The minimum absolute atomic E-state index is 0.154. The number of hydrogen-bond acceptors (Lipinski definition) is 4. The normalized spacial score (nSPS) is 18.4. The molecule has 5 nitrogen and oxygen atoms in total. The number of nitrogens with one attached hydrogen (secondary N) is 1. The third-order valence-electron chi connectivity index (χ3n) is 5.40. The predicted molar refractivity (Wildman–Crippen MR) is 111 cm³/mol. The lowest BCUT2D eigenvalue weighted by Crippen LogP contribution is -2.48. The third-order valence-corrected chi connectivity index (χ3v) is 5.40. The van der Waals surface area contributed by atoms with Gasteiger partial charge in [-0.15, -0.1) is 0 Å². The molecule has 5 heteroatoms. The summed E-state index contributed by atoms with van der Waals surface area (Å²) >= 11 is 0. The largest absolute Gasteiger partial charge is 0.366 e. The standard InChI is InChI=1S/C22H28N4O/c1-6-26-20-11-15(2)18(12-19(20)16(3)13-22(26,4)5)14-24-25-21(27)17-7-9-23-10-8-17/h7-12,14,16H,6,13H2,1-5H3,(H,25,27)/b24-14-/t16-/m1/s1. The van der Waals surface area contributed by atoms with Gasteiger partial charge in [0, 0.05) is 35.7 Å². The lowest BCUT2D eigenvalue weighted by molar-refractivity contribution is 0.0955. The molecule has 0 bridgehead atoms. The van der Waals surface area contributed by atoms with Crippen LogP contribution < -0.4 is 10.3 Å². The number of anilines is 1. The topological polar surface area (TPSA) is 57.6 Å². The van der Waals surface area contributed by atoms with E-state index in [0.29, 0.717) is 11.5 Å². The van der Waals surface area contributed by atoms with Crippen LogP contribution >= 0.6 is 0 Å². The van der Waals surface area contributed by atoms with Crippen LogP contribution in [0.4, 0.5) is 5.69 Å². The number of rotatable bonds is 4. The highest BCUT2D eigenvalue weighted by Gasteiger charge is 2.35. The van der Waals surface area contributed by atoms with Crippen molar-refractivity contribution in [2.75, 3.05) is 11.4 Å². The Morgan fingerprint density at radius 3 is 2.74 bits per heavy atom. The molecule has 0 spiro atoms. The highest BCUT2D eigenvalue weighted by Crippen LogP contribution is 2.43. The highest BCUT2D eigenvalue weighted by molar-refractivity contribution is 5.95. The van der Waals surface area contributed by atoms with Crippen molar-refractivity contribution in [1.29, 1.82) is 0 Å². The first-order valence-electron chi connectivity index (χ1n) is 9.49. The first kappa shape index (κ1) is 19.1. The van der Waals surface area contributed by atoms with Gasteiger partial charge in [-0.25, -0.2) is 5.43 Å². The van der Waals surface area contributed by atoms with E-state index in [0.717, 1.165) is 24.1 Å². The highest BCUT2D eigenvalue weighted by atomic mass is 16.2. The predicted octanol–water partition coefficient (Wildman–Crippen LogP) is 4.27. The second-order valence-electron chi connectivity index (χ2n) is 7.86. The van der Waals surface area contributed by atoms with Crippen molar-refractivity contribution >= 4 is 17.8 Å². The van der Waals surface area contributed by atoms with E-state index in [9.17, 15) is 4.79 Å². The smallest absolute Gasteiger partial charge is 0.271 e. The van der Waals surface area contributed by atoms with Gasteiger partial charge in [0.15, 0.2) is 0 Å². The van der Waals surface area contributed by atoms with Crippen LogP contribution in [0.1, 0.15) is 67.1 Å². The van der Waals surface area contributed by atoms with Crippen LogP contribution in [0, 0.1) is 6.92 Å². The van der Waals surface area contributed by atoms with Gasteiger partial charge in [-0.2, -0.15) is 5.10 Å². The van der Waals surface area contributed by atoms with Crippen LogP contribution in [0.3, 0.4) is 0 Å². The molecule has 1 atom stereocenters. The van der Waals surface area contributed by atoms with E-state index in [-0.39, 0.29) is 11.4 Å². The Balaban J connectivity index is 1.84. The van der Waals surface area contributed by atoms with Crippen molar-refractivity contribution in [3.63, 3.8) is 0 Å². The number of hydrazone groups is 1. The Morgan fingerprint density at radius 1 is 1.37 bits per heavy atom. The van der Waals surface area contributed by atoms with Crippen molar-refractivity contribution in [1.82, 2.24) is 10.4 Å². The van der Waals surface area contributed by atoms with Crippen molar-refractivity contribution in [3.8, 4) is 0 Å². The summed E-state index contributed by atoms with van der Waals surface area (Å²) in [6, 6.07) is 7.80. The van der Waals surface area contributed by atoms with E-state index in [1.54, 1.807) is 30.7 Å². The summed E-state index contributed by atoms with van der Waals surface area (Å²) in [6.07, 6.45) is 6.03. The number of fused-ring (bicyclic) bond motifs is 1. The van der Waals surface area contributed by atoms with Crippen LogP contribution in [-0.4, -0.2) is 29.2 Å². The van der Waals surface area contributed by atoms with E-state index >= 15 is 0 Å². The Kier molecular flexibility index (Phi) is 5.31. The second kappa shape index (κ2) is 7.51. The van der Waals surface area contributed by atoms with Gasteiger partial charge in [-0.05, 0) is 81.0 Å². The Hall–Kier alpha value is -2.69. The SMILES string of the molecule is CCN1c2cc(C)c(/C=N\NC(=O)c3ccncc3)cc2[C@H](C)CC1(C)C. The summed E-state index contributed by atoms with van der Waals surface area (Å²) in [5.41, 5.74) is 8.14. The molecule has 2 aromatic rings. The zero-order chi connectivity index (χ0) is 19.6. The van der Waals surface area contributed by atoms with E-state index in [2.05, 4.69) is 67.2 Å². The van der Waals surface area contributed by atoms with E-state index < -0.39 is 0 Å². The lowest BCUT2D eigenvalue weighted by Gasteiger charge is -2.47. The maximum atomic E-state index is 12.1. The summed E-state index contributed by atoms with van der Waals surface area (Å²) in [4.78, 5) is 18.5. The van der Waals surface area contributed by atoms with Crippen LogP contribution in [0.2, 0.25) is 0 Å². The average molecular weight is 364 g/mol. The molecule has 142 valence electrons. The molecule has 0 aliphatic carbocycles. The Labute approximate surface area is 161 Å². The number of aryl methyl sites for hydroxylation is 1. The molecule has 3 rings (SSSR count). The van der Waals surface area contributed by atoms with Gasteiger partial charge < -0.3 is 4.90 Å². The van der Waals surface area contributed by atoms with Gasteiger partial charge in [-0.3, -0.25) is 9.78 Å². The number of carbonyl (C=O) groups excluding carboxylic acids is 1. The summed E-state index contributed by atoms with van der Waals surface area (Å²) < 4.78 is 0. The zero-order valence-electron chi connectivity index (χ0n) is 16.8. The molecule has 0 saturated carbocycles. The fraction of sp³-hybridized carbons (Fsp3) is 0.409. The number of nitrogens with zero attached hydrogens (tertiary/aromatic N) is 3.